The molecule has 0 radical (unpaired) electrons. The standard InChI is InChI=1S/C23H44N2/c1-14-10-18(11-15(2)21(14)24)20-8-6-7-9-23(20,5)19-12-16(3)22(25)17(4)13-19/h14-22H,6-13,24-25H2,1-5H3. The molecule has 6 unspecified atom stereocenters. The van der Waals surface area contributed by atoms with E-state index in [1.807, 2.05) is 0 Å². The first-order valence-corrected chi connectivity index (χ1v) is 11.2. The summed E-state index contributed by atoms with van der Waals surface area (Å²) in [7, 11) is 0. The van der Waals surface area contributed by atoms with Crippen LogP contribution < -0.4 is 11.5 Å². The van der Waals surface area contributed by atoms with Gasteiger partial charge in [0.25, 0.3) is 0 Å². The molecular formula is C23H44N2. The average molecular weight is 349 g/mol. The molecule has 0 aromatic rings. The lowest BCUT2D eigenvalue weighted by atomic mass is 9.50. The van der Waals surface area contributed by atoms with Crippen LogP contribution in [0.3, 0.4) is 0 Å². The first-order chi connectivity index (χ1) is 11.7. The highest BCUT2D eigenvalue weighted by Crippen LogP contribution is 2.57. The van der Waals surface area contributed by atoms with Crippen LogP contribution in [0.25, 0.3) is 0 Å². The van der Waals surface area contributed by atoms with Crippen molar-refractivity contribution in [3.63, 3.8) is 0 Å². The van der Waals surface area contributed by atoms with E-state index in [1.165, 1.54) is 51.4 Å². The van der Waals surface area contributed by atoms with E-state index >= 15 is 0 Å². The molecule has 3 rings (SSSR count). The largest absolute Gasteiger partial charge is 0.327 e. The Labute approximate surface area is 156 Å². The second-order valence-electron chi connectivity index (χ2n) is 10.8. The number of hydrogen-bond acceptors (Lipinski definition) is 2. The second kappa shape index (κ2) is 7.50. The highest BCUT2D eigenvalue weighted by molar-refractivity contribution is 5.00. The molecule has 3 fully saturated rings. The number of hydrogen-bond donors (Lipinski definition) is 2. The lowest BCUT2D eigenvalue weighted by molar-refractivity contribution is -0.0493. The van der Waals surface area contributed by atoms with Crippen molar-refractivity contribution in [1.29, 1.82) is 0 Å². The highest BCUT2D eigenvalue weighted by atomic mass is 14.7. The zero-order valence-corrected chi connectivity index (χ0v) is 17.5. The third kappa shape index (κ3) is 3.68. The van der Waals surface area contributed by atoms with Crippen LogP contribution in [0, 0.1) is 46.8 Å². The van der Waals surface area contributed by atoms with Gasteiger partial charge in [0.1, 0.15) is 0 Å². The summed E-state index contributed by atoms with van der Waals surface area (Å²) >= 11 is 0. The zero-order chi connectivity index (χ0) is 18.4. The molecule has 0 bridgehead atoms. The summed E-state index contributed by atoms with van der Waals surface area (Å²) in [6, 6.07) is 0.827. The van der Waals surface area contributed by atoms with Gasteiger partial charge in [0.2, 0.25) is 0 Å². The lowest BCUT2D eigenvalue weighted by Crippen LogP contribution is -2.51. The van der Waals surface area contributed by atoms with E-state index < -0.39 is 0 Å². The van der Waals surface area contributed by atoms with E-state index in [0.29, 0.717) is 41.2 Å². The summed E-state index contributed by atoms with van der Waals surface area (Å²) < 4.78 is 0. The van der Waals surface area contributed by atoms with Gasteiger partial charge >= 0.3 is 0 Å². The molecule has 25 heavy (non-hydrogen) atoms. The summed E-state index contributed by atoms with van der Waals surface area (Å²) in [6.45, 7) is 12.3. The van der Waals surface area contributed by atoms with Gasteiger partial charge in [-0.05, 0) is 85.4 Å². The molecular weight excluding hydrogens is 304 g/mol. The summed E-state index contributed by atoms with van der Waals surface area (Å²) in [5.41, 5.74) is 13.5. The minimum absolute atomic E-state index is 0.412. The summed E-state index contributed by atoms with van der Waals surface area (Å²) in [5, 5.41) is 0. The van der Waals surface area contributed by atoms with Gasteiger partial charge in [-0.15, -0.1) is 0 Å². The minimum atomic E-state index is 0.412. The Hall–Kier alpha value is -0.0800. The van der Waals surface area contributed by atoms with Crippen molar-refractivity contribution in [2.24, 2.45) is 58.3 Å². The third-order valence-corrected chi connectivity index (χ3v) is 9.12. The van der Waals surface area contributed by atoms with Crippen LogP contribution >= 0.6 is 0 Å². The molecule has 2 heteroatoms. The predicted molar refractivity (Wildman–Crippen MR) is 108 cm³/mol. The maximum atomic E-state index is 6.47. The Bertz CT molecular complexity index is 425. The van der Waals surface area contributed by atoms with Gasteiger partial charge in [0, 0.05) is 12.1 Å². The van der Waals surface area contributed by atoms with E-state index in [4.69, 9.17) is 11.5 Å². The first kappa shape index (κ1) is 19.7. The van der Waals surface area contributed by atoms with Crippen molar-refractivity contribution >= 4 is 0 Å². The van der Waals surface area contributed by atoms with Crippen LogP contribution in [-0.2, 0) is 0 Å². The van der Waals surface area contributed by atoms with Crippen molar-refractivity contribution in [1.82, 2.24) is 0 Å². The quantitative estimate of drug-likeness (QED) is 0.720. The SMILES string of the molecule is CC1CC(C2CCCCC2(C)C2CC(C)C(N)C(C)C2)CC(C)C1N. The predicted octanol–water partition coefficient (Wildman–Crippen LogP) is 5.20. The van der Waals surface area contributed by atoms with E-state index in [2.05, 4.69) is 34.6 Å². The molecule has 6 atom stereocenters. The van der Waals surface area contributed by atoms with Gasteiger partial charge in [0.15, 0.2) is 0 Å². The smallest absolute Gasteiger partial charge is 0.00905 e. The molecule has 4 N–H and O–H groups in total. The fourth-order valence-corrected chi connectivity index (χ4v) is 7.33. The maximum absolute atomic E-state index is 6.47. The van der Waals surface area contributed by atoms with Gasteiger partial charge in [-0.1, -0.05) is 47.5 Å². The number of rotatable bonds is 2. The molecule has 146 valence electrons. The fourth-order valence-electron chi connectivity index (χ4n) is 7.33. The Balaban J connectivity index is 1.80. The topological polar surface area (TPSA) is 52.0 Å². The van der Waals surface area contributed by atoms with Crippen molar-refractivity contribution in [2.75, 3.05) is 0 Å². The van der Waals surface area contributed by atoms with Gasteiger partial charge in [-0.3, -0.25) is 0 Å². The molecule has 3 aliphatic carbocycles. The Morgan fingerprint density at radius 1 is 0.720 bits per heavy atom. The van der Waals surface area contributed by atoms with E-state index in [1.54, 1.807) is 0 Å². The Morgan fingerprint density at radius 2 is 1.20 bits per heavy atom. The van der Waals surface area contributed by atoms with E-state index in [-0.39, 0.29) is 0 Å². The molecule has 0 spiro atoms. The second-order valence-corrected chi connectivity index (χ2v) is 10.8. The monoisotopic (exact) mass is 348 g/mol. The van der Waals surface area contributed by atoms with Crippen LogP contribution in [0.15, 0.2) is 0 Å². The van der Waals surface area contributed by atoms with Crippen molar-refractivity contribution in [3.8, 4) is 0 Å². The Kier molecular flexibility index (Phi) is 5.91. The molecule has 2 nitrogen and oxygen atoms in total. The normalized spacial score (nSPS) is 55.1. The summed E-state index contributed by atoms with van der Waals surface area (Å²) in [4.78, 5) is 0. The lowest BCUT2D eigenvalue weighted by Gasteiger charge is -2.55. The maximum Gasteiger partial charge on any atom is 0.00905 e. The highest BCUT2D eigenvalue weighted by Gasteiger charge is 2.49. The molecule has 3 saturated carbocycles. The van der Waals surface area contributed by atoms with Gasteiger partial charge < -0.3 is 11.5 Å². The molecule has 3 aliphatic rings. The van der Waals surface area contributed by atoms with Crippen LogP contribution in [0.2, 0.25) is 0 Å². The van der Waals surface area contributed by atoms with Gasteiger partial charge in [-0.2, -0.15) is 0 Å². The fraction of sp³-hybridized carbons (Fsp3) is 1.00. The van der Waals surface area contributed by atoms with Crippen LogP contribution in [0.1, 0.15) is 86.0 Å². The van der Waals surface area contributed by atoms with Gasteiger partial charge in [-0.25, -0.2) is 0 Å². The molecule has 0 aromatic heterocycles. The van der Waals surface area contributed by atoms with Crippen LogP contribution in [0.5, 0.6) is 0 Å². The van der Waals surface area contributed by atoms with Crippen molar-refractivity contribution in [3.05, 3.63) is 0 Å². The summed E-state index contributed by atoms with van der Waals surface area (Å²) in [5.74, 6) is 5.45. The summed E-state index contributed by atoms with van der Waals surface area (Å²) in [6.07, 6.45) is 11.2. The molecule has 0 saturated heterocycles. The molecule has 0 heterocycles. The van der Waals surface area contributed by atoms with Crippen molar-refractivity contribution in [2.45, 2.75) is 98.1 Å². The molecule has 0 aliphatic heterocycles. The molecule has 0 amide bonds. The Morgan fingerprint density at radius 3 is 1.72 bits per heavy atom. The number of nitrogens with two attached hydrogens (primary N) is 2. The van der Waals surface area contributed by atoms with Crippen LogP contribution in [-0.4, -0.2) is 12.1 Å². The first-order valence-electron chi connectivity index (χ1n) is 11.2. The van der Waals surface area contributed by atoms with Crippen molar-refractivity contribution < 1.29 is 0 Å². The van der Waals surface area contributed by atoms with E-state index in [0.717, 1.165) is 17.8 Å². The minimum Gasteiger partial charge on any atom is -0.327 e. The third-order valence-electron chi connectivity index (χ3n) is 9.12. The van der Waals surface area contributed by atoms with Gasteiger partial charge in [0.05, 0.1) is 0 Å². The zero-order valence-electron chi connectivity index (χ0n) is 17.5. The molecule has 0 aromatic carbocycles. The van der Waals surface area contributed by atoms with E-state index in [9.17, 15) is 0 Å². The van der Waals surface area contributed by atoms with Crippen LogP contribution in [0.4, 0.5) is 0 Å². The average Bonchev–Trinajstić information content (AvgIpc) is 2.57.